The molecule has 4 rings (SSSR count). The fourth-order valence-corrected chi connectivity index (χ4v) is 2.99. The van der Waals surface area contributed by atoms with Gasteiger partial charge in [-0.2, -0.15) is 77.9 Å². The summed E-state index contributed by atoms with van der Waals surface area (Å²) in [6.07, 6.45) is 0. The molecule has 0 N–H and O–H groups in total. The Morgan fingerprint density at radius 1 is 0.677 bits per heavy atom. The molecule has 0 amide bonds. The van der Waals surface area contributed by atoms with E-state index >= 15 is 0 Å². The molecule has 3 nitrogen and oxygen atoms in total. The predicted octanol–water partition coefficient (Wildman–Crippen LogP) is 6.21. The van der Waals surface area contributed by atoms with Crippen LogP contribution in [0.25, 0.3) is 11.1 Å². The van der Waals surface area contributed by atoms with E-state index in [0.717, 1.165) is 5.56 Å². The molecule has 0 radical (unpaired) electrons. The summed E-state index contributed by atoms with van der Waals surface area (Å²) < 4.78 is 0. The second-order valence-electron chi connectivity index (χ2n) is 6.49. The van der Waals surface area contributed by atoms with E-state index in [1.165, 1.54) is 20.8 Å². The van der Waals surface area contributed by atoms with E-state index in [0.29, 0.717) is 16.7 Å². The van der Waals surface area contributed by atoms with Gasteiger partial charge in [-0.05, 0) is 20.8 Å². The van der Waals surface area contributed by atoms with Crippen LogP contribution in [0.3, 0.4) is 0 Å². The SMILES string of the molecule is CC(=O)c1c[c-](-[c-]2cccc2)c(C(C)=O)c1C(C)=O.[Fe+2].[Fe+2].c1cc[cH-]c1.c1cc[cH-]c1. The molecule has 0 aliphatic heterocycles. The molecule has 0 spiro atoms. The van der Waals surface area contributed by atoms with Gasteiger partial charge in [-0.1, -0.05) is 11.1 Å². The van der Waals surface area contributed by atoms with E-state index in [1.807, 2.05) is 84.9 Å². The number of rotatable bonds is 4. The van der Waals surface area contributed by atoms with Crippen molar-refractivity contribution in [2.45, 2.75) is 20.8 Å². The first-order valence-corrected chi connectivity index (χ1v) is 9.35. The normalized spacial score (nSPS) is 9.00. The van der Waals surface area contributed by atoms with E-state index < -0.39 is 0 Å². The summed E-state index contributed by atoms with van der Waals surface area (Å²) in [4.78, 5) is 35.3. The van der Waals surface area contributed by atoms with Gasteiger partial charge in [0.25, 0.3) is 0 Å². The molecule has 0 aromatic heterocycles. The van der Waals surface area contributed by atoms with E-state index in [1.54, 1.807) is 6.07 Å². The summed E-state index contributed by atoms with van der Waals surface area (Å²) in [5.74, 6) is -0.660. The van der Waals surface area contributed by atoms with Gasteiger partial charge < -0.3 is 14.4 Å². The molecule has 0 saturated carbocycles. The van der Waals surface area contributed by atoms with Crippen molar-refractivity contribution in [3.63, 3.8) is 0 Å². The molecule has 0 atom stereocenters. The van der Waals surface area contributed by atoms with Crippen LogP contribution < -0.4 is 0 Å². The topological polar surface area (TPSA) is 51.2 Å². The molecule has 5 heteroatoms. The van der Waals surface area contributed by atoms with Crippen molar-refractivity contribution < 1.29 is 48.5 Å². The zero-order valence-electron chi connectivity index (χ0n) is 17.6. The second kappa shape index (κ2) is 14.5. The van der Waals surface area contributed by atoms with Gasteiger partial charge in [0.1, 0.15) is 11.6 Å². The first-order chi connectivity index (χ1) is 13.9. The van der Waals surface area contributed by atoms with Crippen LogP contribution in [0.1, 0.15) is 51.8 Å². The van der Waals surface area contributed by atoms with Crippen molar-refractivity contribution in [3.8, 4) is 11.1 Å². The Labute approximate surface area is 204 Å². The molecule has 4 aromatic carbocycles. The average molecular weight is 496 g/mol. The van der Waals surface area contributed by atoms with Crippen molar-refractivity contribution in [2.24, 2.45) is 0 Å². The number of hydrogen-bond donors (Lipinski definition) is 0. The van der Waals surface area contributed by atoms with Crippen LogP contribution in [0, 0.1) is 0 Å². The smallest absolute Gasteiger partial charge is 0.342 e. The van der Waals surface area contributed by atoms with E-state index in [9.17, 15) is 14.4 Å². The number of carbonyl (C=O) groups excluding carboxylic acids is 3. The summed E-state index contributed by atoms with van der Waals surface area (Å²) in [6, 6.07) is 29.1. The maximum absolute atomic E-state index is 11.9. The van der Waals surface area contributed by atoms with Crippen LogP contribution >= 0.6 is 0 Å². The van der Waals surface area contributed by atoms with E-state index in [2.05, 4.69) is 0 Å². The Kier molecular flexibility index (Phi) is 13.3. The number of carbonyl (C=O) groups is 3. The zero-order valence-corrected chi connectivity index (χ0v) is 19.8. The molecule has 0 aliphatic rings. The second-order valence-corrected chi connectivity index (χ2v) is 6.49. The molecule has 162 valence electrons. The number of hydrogen-bond acceptors (Lipinski definition) is 3. The van der Waals surface area contributed by atoms with Crippen molar-refractivity contribution in [1.29, 1.82) is 0 Å². The van der Waals surface area contributed by atoms with Crippen LogP contribution in [0.5, 0.6) is 0 Å². The maximum Gasteiger partial charge on any atom is 2.00 e. The Balaban J connectivity index is 0.000000615. The Morgan fingerprint density at radius 2 is 1.13 bits per heavy atom. The third kappa shape index (κ3) is 8.24. The molecule has 4 aromatic rings. The maximum atomic E-state index is 11.9. The minimum Gasteiger partial charge on any atom is -0.342 e. The van der Waals surface area contributed by atoms with E-state index in [-0.39, 0.29) is 57.1 Å². The minimum atomic E-state index is -0.256. The van der Waals surface area contributed by atoms with Crippen LogP contribution in [0.2, 0.25) is 0 Å². The molecule has 0 saturated heterocycles. The van der Waals surface area contributed by atoms with Gasteiger partial charge in [0.15, 0.2) is 0 Å². The third-order valence-electron chi connectivity index (χ3n) is 4.25. The Morgan fingerprint density at radius 3 is 1.42 bits per heavy atom. The van der Waals surface area contributed by atoms with Gasteiger partial charge in [-0.25, -0.2) is 24.3 Å². The third-order valence-corrected chi connectivity index (χ3v) is 4.25. The molecule has 0 unspecified atom stereocenters. The molecule has 0 heterocycles. The van der Waals surface area contributed by atoms with Gasteiger partial charge in [0.05, 0.1) is 5.78 Å². The standard InChI is InChI=1S/C16H14O3.2C5H5.2Fe/c1-9(17)13-8-14(12-6-4-5-7-12)16(11(3)19)15(13)10(2)18;2*1-2-4-5-3-1;;/h4-8H,1-3H3;2*1-5H;;/q-2;2*-1;2*+2. The number of ketones is 3. The van der Waals surface area contributed by atoms with Gasteiger partial charge in [0, 0.05) is 0 Å². The van der Waals surface area contributed by atoms with Crippen molar-refractivity contribution in [3.05, 3.63) is 108 Å². The zero-order chi connectivity index (χ0) is 21.2. The summed E-state index contributed by atoms with van der Waals surface area (Å²) in [6.45, 7) is 4.20. The number of Topliss-reactive ketones (excluding diaryl/α,β-unsaturated/α-hetero) is 3. The van der Waals surface area contributed by atoms with Crippen molar-refractivity contribution in [2.75, 3.05) is 0 Å². The summed E-state index contributed by atoms with van der Waals surface area (Å²) in [7, 11) is 0. The van der Waals surface area contributed by atoms with Gasteiger partial charge in [-0.3, -0.25) is 0 Å². The van der Waals surface area contributed by atoms with Gasteiger partial charge in [0.2, 0.25) is 0 Å². The largest absolute Gasteiger partial charge is 2.00 e. The molecule has 0 bridgehead atoms. The van der Waals surface area contributed by atoms with E-state index in [4.69, 9.17) is 0 Å². The molecular formula is C26H24Fe2O3. The predicted molar refractivity (Wildman–Crippen MR) is 117 cm³/mol. The minimum absolute atomic E-state index is 0. The van der Waals surface area contributed by atoms with Gasteiger partial charge in [-0.15, -0.1) is 5.56 Å². The fraction of sp³-hybridized carbons (Fsp3) is 0.115. The van der Waals surface area contributed by atoms with Crippen LogP contribution in [-0.2, 0) is 34.1 Å². The van der Waals surface area contributed by atoms with Crippen molar-refractivity contribution >= 4 is 17.3 Å². The van der Waals surface area contributed by atoms with Gasteiger partial charge >= 0.3 is 34.1 Å². The molecule has 0 aliphatic carbocycles. The fourth-order valence-electron chi connectivity index (χ4n) is 2.99. The first kappa shape index (κ1) is 28.4. The van der Waals surface area contributed by atoms with Crippen molar-refractivity contribution in [1.82, 2.24) is 0 Å². The monoisotopic (exact) mass is 496 g/mol. The molecule has 31 heavy (non-hydrogen) atoms. The molecule has 0 fully saturated rings. The Hall–Kier alpha value is -2.55. The Bertz CT molecular complexity index is 959. The molecular weight excluding hydrogens is 472 g/mol. The first-order valence-electron chi connectivity index (χ1n) is 9.35. The average Bonchev–Trinajstić information content (AvgIpc) is 3.51. The van der Waals surface area contributed by atoms with Crippen LogP contribution in [0.15, 0.2) is 91.0 Å². The van der Waals surface area contributed by atoms with Crippen LogP contribution in [0.4, 0.5) is 0 Å². The summed E-state index contributed by atoms with van der Waals surface area (Å²) in [5, 5.41) is 0. The summed E-state index contributed by atoms with van der Waals surface area (Å²) >= 11 is 0. The quantitative estimate of drug-likeness (QED) is 0.192. The van der Waals surface area contributed by atoms with Crippen LogP contribution in [-0.4, -0.2) is 17.3 Å². The summed E-state index contributed by atoms with van der Waals surface area (Å²) in [5.41, 5.74) is 2.43.